The number of para-hydroxylation sites is 1. The minimum absolute atomic E-state index is 0.0619. The SMILES string of the molecule is CCC(O)CCNC(=O)CC1CNc2ccccc21. The lowest BCUT2D eigenvalue weighted by atomic mass is 9.97. The van der Waals surface area contributed by atoms with Crippen molar-refractivity contribution in [2.24, 2.45) is 0 Å². The molecule has 0 radical (unpaired) electrons. The lowest BCUT2D eigenvalue weighted by Crippen LogP contribution is -2.28. The molecule has 0 aromatic heterocycles. The Balaban J connectivity index is 1.78. The number of rotatable bonds is 6. The molecular weight excluding hydrogens is 240 g/mol. The van der Waals surface area contributed by atoms with Gasteiger partial charge in [-0.25, -0.2) is 0 Å². The first-order valence-corrected chi connectivity index (χ1v) is 6.98. The normalized spacial score (nSPS) is 18.5. The van der Waals surface area contributed by atoms with E-state index in [1.807, 2.05) is 25.1 Å². The third kappa shape index (κ3) is 3.70. The van der Waals surface area contributed by atoms with E-state index >= 15 is 0 Å². The number of aliphatic hydroxyl groups excluding tert-OH is 1. The third-order valence-electron chi connectivity index (χ3n) is 3.64. The highest BCUT2D eigenvalue weighted by atomic mass is 16.3. The molecule has 1 aromatic rings. The molecule has 1 amide bonds. The van der Waals surface area contributed by atoms with E-state index in [0.29, 0.717) is 19.4 Å². The molecule has 1 heterocycles. The lowest BCUT2D eigenvalue weighted by Gasteiger charge is -2.12. The quantitative estimate of drug-likeness (QED) is 0.733. The van der Waals surface area contributed by atoms with Gasteiger partial charge in [0.2, 0.25) is 5.91 Å². The van der Waals surface area contributed by atoms with Crippen molar-refractivity contribution in [3.8, 4) is 0 Å². The van der Waals surface area contributed by atoms with Gasteiger partial charge < -0.3 is 15.7 Å². The molecule has 19 heavy (non-hydrogen) atoms. The monoisotopic (exact) mass is 262 g/mol. The van der Waals surface area contributed by atoms with Crippen LogP contribution >= 0.6 is 0 Å². The van der Waals surface area contributed by atoms with Crippen LogP contribution in [0.3, 0.4) is 0 Å². The Labute approximate surface area is 114 Å². The molecule has 3 N–H and O–H groups in total. The summed E-state index contributed by atoms with van der Waals surface area (Å²) < 4.78 is 0. The van der Waals surface area contributed by atoms with Crippen molar-refractivity contribution < 1.29 is 9.90 Å². The van der Waals surface area contributed by atoms with Crippen LogP contribution in [0.4, 0.5) is 5.69 Å². The van der Waals surface area contributed by atoms with Gasteiger partial charge in [-0.15, -0.1) is 0 Å². The van der Waals surface area contributed by atoms with E-state index < -0.39 is 0 Å². The van der Waals surface area contributed by atoms with Crippen molar-refractivity contribution in [1.82, 2.24) is 5.32 Å². The molecule has 2 unspecified atom stereocenters. The minimum atomic E-state index is -0.311. The Morgan fingerprint density at radius 1 is 1.53 bits per heavy atom. The summed E-state index contributed by atoms with van der Waals surface area (Å²) in [6.07, 6.45) is 1.55. The van der Waals surface area contributed by atoms with E-state index in [2.05, 4.69) is 16.7 Å². The molecule has 4 heteroatoms. The number of amides is 1. The molecule has 1 aliphatic rings. The molecule has 0 bridgehead atoms. The van der Waals surface area contributed by atoms with Crippen LogP contribution in [0.1, 0.15) is 37.7 Å². The van der Waals surface area contributed by atoms with Gasteiger partial charge in [-0.2, -0.15) is 0 Å². The number of hydrogen-bond acceptors (Lipinski definition) is 3. The highest BCUT2D eigenvalue weighted by molar-refractivity contribution is 5.78. The summed E-state index contributed by atoms with van der Waals surface area (Å²) in [5, 5.41) is 15.6. The number of nitrogens with one attached hydrogen (secondary N) is 2. The molecule has 0 fully saturated rings. The number of benzene rings is 1. The zero-order chi connectivity index (χ0) is 13.7. The first kappa shape index (κ1) is 13.9. The van der Waals surface area contributed by atoms with Gasteiger partial charge >= 0.3 is 0 Å². The molecule has 0 saturated carbocycles. The van der Waals surface area contributed by atoms with Gasteiger partial charge in [0.25, 0.3) is 0 Å². The van der Waals surface area contributed by atoms with Crippen LogP contribution in [-0.4, -0.2) is 30.2 Å². The Kier molecular flexibility index (Phi) is 4.80. The van der Waals surface area contributed by atoms with E-state index in [4.69, 9.17) is 0 Å². The van der Waals surface area contributed by atoms with Crippen molar-refractivity contribution >= 4 is 11.6 Å². The number of aliphatic hydroxyl groups is 1. The van der Waals surface area contributed by atoms with E-state index in [0.717, 1.165) is 18.7 Å². The van der Waals surface area contributed by atoms with Crippen LogP contribution in [0.5, 0.6) is 0 Å². The molecule has 4 nitrogen and oxygen atoms in total. The van der Waals surface area contributed by atoms with Crippen LogP contribution in [0.15, 0.2) is 24.3 Å². The Morgan fingerprint density at radius 3 is 3.11 bits per heavy atom. The Morgan fingerprint density at radius 2 is 2.32 bits per heavy atom. The van der Waals surface area contributed by atoms with Gasteiger partial charge in [0, 0.05) is 31.1 Å². The second-order valence-corrected chi connectivity index (χ2v) is 5.07. The summed E-state index contributed by atoms with van der Waals surface area (Å²) in [4.78, 5) is 11.9. The molecule has 2 rings (SSSR count). The number of anilines is 1. The van der Waals surface area contributed by atoms with E-state index in [-0.39, 0.29) is 17.9 Å². The van der Waals surface area contributed by atoms with E-state index in [1.165, 1.54) is 5.56 Å². The lowest BCUT2D eigenvalue weighted by molar-refractivity contribution is -0.121. The van der Waals surface area contributed by atoms with Gasteiger partial charge in [-0.3, -0.25) is 4.79 Å². The smallest absolute Gasteiger partial charge is 0.220 e. The topological polar surface area (TPSA) is 61.4 Å². The first-order valence-electron chi connectivity index (χ1n) is 6.98. The van der Waals surface area contributed by atoms with Crippen LogP contribution in [0.2, 0.25) is 0 Å². The maximum absolute atomic E-state index is 11.9. The zero-order valence-electron chi connectivity index (χ0n) is 11.4. The van der Waals surface area contributed by atoms with Crippen molar-refractivity contribution in [3.63, 3.8) is 0 Å². The van der Waals surface area contributed by atoms with Crippen LogP contribution in [0, 0.1) is 0 Å². The van der Waals surface area contributed by atoms with Gasteiger partial charge in [0.15, 0.2) is 0 Å². The van der Waals surface area contributed by atoms with E-state index in [1.54, 1.807) is 0 Å². The average Bonchev–Trinajstić information content (AvgIpc) is 2.82. The largest absolute Gasteiger partial charge is 0.393 e. The van der Waals surface area contributed by atoms with Crippen LogP contribution < -0.4 is 10.6 Å². The highest BCUT2D eigenvalue weighted by Gasteiger charge is 2.23. The van der Waals surface area contributed by atoms with Crippen molar-refractivity contribution in [2.75, 3.05) is 18.4 Å². The molecule has 2 atom stereocenters. The minimum Gasteiger partial charge on any atom is -0.393 e. The summed E-state index contributed by atoms with van der Waals surface area (Å²) in [6.45, 7) is 3.31. The average molecular weight is 262 g/mol. The number of fused-ring (bicyclic) bond motifs is 1. The first-order chi connectivity index (χ1) is 9.20. The summed E-state index contributed by atoms with van der Waals surface area (Å²) >= 11 is 0. The van der Waals surface area contributed by atoms with Crippen molar-refractivity contribution in [1.29, 1.82) is 0 Å². The van der Waals surface area contributed by atoms with Crippen LogP contribution in [-0.2, 0) is 4.79 Å². The maximum Gasteiger partial charge on any atom is 0.220 e. The maximum atomic E-state index is 11.9. The summed E-state index contributed by atoms with van der Waals surface area (Å²) in [7, 11) is 0. The standard InChI is InChI=1S/C15H22N2O2/c1-2-12(18)7-8-16-15(19)9-11-10-17-14-6-4-3-5-13(11)14/h3-6,11-12,17-18H,2,7-10H2,1H3,(H,16,19). The molecule has 0 spiro atoms. The van der Waals surface area contributed by atoms with Crippen molar-refractivity contribution in [2.45, 2.75) is 38.2 Å². The van der Waals surface area contributed by atoms with Gasteiger partial charge in [0.1, 0.15) is 0 Å². The summed E-state index contributed by atoms with van der Waals surface area (Å²) in [6, 6.07) is 8.13. The second kappa shape index (κ2) is 6.57. The predicted molar refractivity (Wildman–Crippen MR) is 76.2 cm³/mol. The Bertz CT molecular complexity index is 434. The van der Waals surface area contributed by atoms with Gasteiger partial charge in [0.05, 0.1) is 6.10 Å². The molecule has 0 aliphatic carbocycles. The van der Waals surface area contributed by atoms with Crippen molar-refractivity contribution in [3.05, 3.63) is 29.8 Å². The highest BCUT2D eigenvalue weighted by Crippen LogP contribution is 2.32. The number of carbonyl (C=O) groups is 1. The molecule has 104 valence electrons. The van der Waals surface area contributed by atoms with E-state index in [9.17, 15) is 9.90 Å². The Hall–Kier alpha value is -1.55. The third-order valence-corrected chi connectivity index (χ3v) is 3.64. The molecule has 1 aromatic carbocycles. The fourth-order valence-electron chi connectivity index (χ4n) is 2.42. The molecule has 1 aliphatic heterocycles. The fourth-order valence-corrected chi connectivity index (χ4v) is 2.42. The zero-order valence-corrected chi connectivity index (χ0v) is 11.4. The second-order valence-electron chi connectivity index (χ2n) is 5.07. The number of carbonyl (C=O) groups excluding carboxylic acids is 1. The number of hydrogen-bond donors (Lipinski definition) is 3. The fraction of sp³-hybridized carbons (Fsp3) is 0.533. The summed E-state index contributed by atoms with van der Waals surface area (Å²) in [5.74, 6) is 0.319. The predicted octanol–water partition coefficient (Wildman–Crippen LogP) is 1.86. The van der Waals surface area contributed by atoms with Gasteiger partial charge in [-0.05, 0) is 24.5 Å². The summed E-state index contributed by atoms with van der Waals surface area (Å²) in [5.41, 5.74) is 2.37. The molecule has 0 saturated heterocycles. The molecular formula is C15H22N2O2. The van der Waals surface area contributed by atoms with Gasteiger partial charge in [-0.1, -0.05) is 25.1 Å². The van der Waals surface area contributed by atoms with Crippen LogP contribution in [0.25, 0.3) is 0 Å².